The van der Waals surface area contributed by atoms with Crippen molar-refractivity contribution in [1.29, 1.82) is 0 Å². The van der Waals surface area contributed by atoms with E-state index in [-0.39, 0.29) is 12.3 Å². The number of carbonyl (C=O) groups is 2. The van der Waals surface area contributed by atoms with E-state index in [4.69, 9.17) is 4.74 Å². The second-order valence-corrected chi connectivity index (χ2v) is 5.65. The zero-order valence-electron chi connectivity index (χ0n) is 12.2. The average molecular weight is 303 g/mol. The summed E-state index contributed by atoms with van der Waals surface area (Å²) in [5, 5.41) is 4.65. The smallest absolute Gasteiger partial charge is 0.350 e. The van der Waals surface area contributed by atoms with Gasteiger partial charge >= 0.3 is 5.97 Å². The normalized spacial score (nSPS) is 10.2. The molecule has 0 saturated heterocycles. The fourth-order valence-corrected chi connectivity index (χ4v) is 2.93. The van der Waals surface area contributed by atoms with E-state index in [2.05, 4.69) is 5.32 Å². The van der Waals surface area contributed by atoms with Crippen LogP contribution >= 0.6 is 11.3 Å². The molecule has 4 nitrogen and oxygen atoms in total. The number of anilines is 1. The lowest BCUT2D eigenvalue weighted by Crippen LogP contribution is -2.17. The second-order valence-electron chi connectivity index (χ2n) is 4.77. The summed E-state index contributed by atoms with van der Waals surface area (Å²) in [6, 6.07) is 7.75. The van der Waals surface area contributed by atoms with Crippen LogP contribution in [0.2, 0.25) is 0 Å². The highest BCUT2D eigenvalue weighted by Crippen LogP contribution is 2.28. The maximum absolute atomic E-state index is 12.2. The number of hydrogen-bond donors (Lipinski definition) is 1. The summed E-state index contributed by atoms with van der Waals surface area (Å²) in [7, 11) is 1.33. The molecule has 2 rings (SSSR count). The number of carbonyl (C=O) groups excluding carboxylic acids is 2. The lowest BCUT2D eigenvalue weighted by atomic mass is 10.1. The Balaban J connectivity index is 2.15. The van der Waals surface area contributed by atoms with Gasteiger partial charge in [0.05, 0.1) is 19.2 Å². The van der Waals surface area contributed by atoms with Crippen LogP contribution in [0.5, 0.6) is 0 Å². The lowest BCUT2D eigenvalue weighted by Gasteiger charge is -2.09. The first kappa shape index (κ1) is 15.3. The van der Waals surface area contributed by atoms with Gasteiger partial charge in [0.25, 0.3) is 0 Å². The number of hydrogen-bond acceptors (Lipinski definition) is 4. The molecule has 2 aromatic rings. The van der Waals surface area contributed by atoms with Gasteiger partial charge in [-0.3, -0.25) is 4.79 Å². The van der Waals surface area contributed by atoms with E-state index in [0.717, 1.165) is 16.7 Å². The van der Waals surface area contributed by atoms with Crippen LogP contribution in [-0.2, 0) is 16.0 Å². The van der Waals surface area contributed by atoms with E-state index in [1.165, 1.54) is 18.4 Å². The predicted octanol–water partition coefficient (Wildman–Crippen LogP) is 3.33. The van der Waals surface area contributed by atoms with Gasteiger partial charge in [0.15, 0.2) is 0 Å². The van der Waals surface area contributed by atoms with Crippen molar-refractivity contribution in [3.63, 3.8) is 0 Å². The first-order valence-corrected chi connectivity index (χ1v) is 7.41. The molecule has 21 heavy (non-hydrogen) atoms. The van der Waals surface area contributed by atoms with Crippen LogP contribution in [0.4, 0.5) is 5.69 Å². The van der Waals surface area contributed by atoms with Gasteiger partial charge in [-0.15, -0.1) is 11.3 Å². The predicted molar refractivity (Wildman–Crippen MR) is 83.9 cm³/mol. The fourth-order valence-electron chi connectivity index (χ4n) is 2.01. The molecular weight excluding hydrogens is 286 g/mol. The van der Waals surface area contributed by atoms with E-state index in [1.54, 1.807) is 0 Å². The van der Waals surface area contributed by atoms with Crippen molar-refractivity contribution in [1.82, 2.24) is 0 Å². The molecule has 1 aromatic heterocycles. The third-order valence-electron chi connectivity index (χ3n) is 3.22. The maximum atomic E-state index is 12.2. The van der Waals surface area contributed by atoms with Gasteiger partial charge in [0, 0.05) is 0 Å². The van der Waals surface area contributed by atoms with Crippen LogP contribution in [0.3, 0.4) is 0 Å². The van der Waals surface area contributed by atoms with Crippen LogP contribution in [0.15, 0.2) is 29.6 Å². The molecule has 1 heterocycles. The number of benzene rings is 1. The summed E-state index contributed by atoms with van der Waals surface area (Å²) >= 11 is 1.27. The molecule has 5 heteroatoms. The van der Waals surface area contributed by atoms with Gasteiger partial charge < -0.3 is 10.1 Å². The molecule has 0 atom stereocenters. The Kier molecular flexibility index (Phi) is 4.75. The highest BCUT2D eigenvalue weighted by atomic mass is 32.1. The van der Waals surface area contributed by atoms with Crippen LogP contribution < -0.4 is 5.32 Å². The van der Waals surface area contributed by atoms with Crippen molar-refractivity contribution in [3.8, 4) is 0 Å². The monoisotopic (exact) mass is 303 g/mol. The van der Waals surface area contributed by atoms with Crippen molar-refractivity contribution < 1.29 is 14.3 Å². The molecule has 0 saturated carbocycles. The van der Waals surface area contributed by atoms with Gasteiger partial charge in [-0.25, -0.2) is 4.79 Å². The molecule has 0 spiro atoms. The van der Waals surface area contributed by atoms with E-state index in [9.17, 15) is 9.59 Å². The molecule has 0 aliphatic heterocycles. The molecule has 1 aromatic carbocycles. The molecule has 1 amide bonds. The number of nitrogens with one attached hydrogen (secondary N) is 1. The number of aryl methyl sites for hydroxylation is 2. The largest absolute Gasteiger partial charge is 0.465 e. The van der Waals surface area contributed by atoms with Gasteiger partial charge in [0.2, 0.25) is 5.91 Å². The van der Waals surface area contributed by atoms with Gasteiger partial charge in [-0.1, -0.05) is 24.3 Å². The Morgan fingerprint density at radius 3 is 2.57 bits per heavy atom. The number of methoxy groups -OCH3 is 1. The van der Waals surface area contributed by atoms with Gasteiger partial charge in [0.1, 0.15) is 4.88 Å². The van der Waals surface area contributed by atoms with Crippen molar-refractivity contribution in [2.24, 2.45) is 0 Å². The summed E-state index contributed by atoms with van der Waals surface area (Å²) in [6.45, 7) is 3.82. The number of ether oxygens (including phenoxy) is 1. The van der Waals surface area contributed by atoms with Crippen LogP contribution in [-0.4, -0.2) is 19.0 Å². The molecule has 0 aliphatic carbocycles. The summed E-state index contributed by atoms with van der Waals surface area (Å²) < 4.78 is 4.73. The van der Waals surface area contributed by atoms with Gasteiger partial charge in [-0.2, -0.15) is 0 Å². The third kappa shape index (κ3) is 3.49. The minimum Gasteiger partial charge on any atom is -0.465 e. The van der Waals surface area contributed by atoms with E-state index < -0.39 is 5.97 Å². The molecule has 110 valence electrons. The van der Waals surface area contributed by atoms with Crippen LogP contribution in [0, 0.1) is 13.8 Å². The van der Waals surface area contributed by atoms with Crippen molar-refractivity contribution in [3.05, 3.63) is 51.2 Å². The SMILES string of the molecule is COC(=O)c1scc(C)c1NC(=O)Cc1ccccc1C. The van der Waals surface area contributed by atoms with Crippen molar-refractivity contribution >= 4 is 28.9 Å². The molecule has 1 N–H and O–H groups in total. The van der Waals surface area contributed by atoms with E-state index in [0.29, 0.717) is 10.6 Å². The first-order chi connectivity index (χ1) is 10.0. The summed E-state index contributed by atoms with van der Waals surface area (Å²) in [5.41, 5.74) is 3.45. The van der Waals surface area contributed by atoms with E-state index >= 15 is 0 Å². The molecule has 0 radical (unpaired) electrons. The quantitative estimate of drug-likeness (QED) is 0.881. The zero-order chi connectivity index (χ0) is 15.4. The lowest BCUT2D eigenvalue weighted by molar-refractivity contribution is -0.115. The number of esters is 1. The van der Waals surface area contributed by atoms with Crippen molar-refractivity contribution in [2.75, 3.05) is 12.4 Å². The third-order valence-corrected chi connectivity index (χ3v) is 4.30. The summed E-state index contributed by atoms with van der Waals surface area (Å²) in [6.07, 6.45) is 0.280. The molecule has 0 fully saturated rings. The molecule has 0 bridgehead atoms. The Labute approximate surface area is 127 Å². The molecular formula is C16H17NO3S. The standard InChI is InChI=1S/C16H17NO3S/c1-10-6-4-5-7-12(10)8-13(18)17-14-11(2)9-21-15(14)16(19)20-3/h4-7,9H,8H2,1-3H3,(H,17,18). The van der Waals surface area contributed by atoms with Crippen LogP contribution in [0.25, 0.3) is 0 Å². The van der Waals surface area contributed by atoms with Crippen LogP contribution in [0.1, 0.15) is 26.4 Å². The number of rotatable bonds is 4. The number of thiophene rings is 1. The minimum atomic E-state index is -0.431. The van der Waals surface area contributed by atoms with E-state index in [1.807, 2.05) is 43.5 Å². The summed E-state index contributed by atoms with van der Waals surface area (Å²) in [5.74, 6) is -0.574. The Morgan fingerprint density at radius 2 is 1.90 bits per heavy atom. The summed E-state index contributed by atoms with van der Waals surface area (Å²) in [4.78, 5) is 24.3. The zero-order valence-corrected chi connectivity index (χ0v) is 13.0. The highest BCUT2D eigenvalue weighted by Gasteiger charge is 2.18. The highest BCUT2D eigenvalue weighted by molar-refractivity contribution is 7.12. The average Bonchev–Trinajstić information content (AvgIpc) is 2.82. The first-order valence-electron chi connectivity index (χ1n) is 6.53. The Morgan fingerprint density at radius 1 is 1.19 bits per heavy atom. The van der Waals surface area contributed by atoms with Crippen molar-refractivity contribution in [2.45, 2.75) is 20.3 Å². The van der Waals surface area contributed by atoms with Gasteiger partial charge in [-0.05, 0) is 35.9 Å². The fraction of sp³-hybridized carbons (Fsp3) is 0.250. The Bertz CT molecular complexity index is 676. The Hall–Kier alpha value is -2.14. The molecule has 0 unspecified atom stereocenters. The topological polar surface area (TPSA) is 55.4 Å². The minimum absolute atomic E-state index is 0.143. The second kappa shape index (κ2) is 6.54. The molecule has 0 aliphatic rings. The maximum Gasteiger partial charge on any atom is 0.350 e. The number of amides is 1.